The third kappa shape index (κ3) is 4.31. The number of hydrogen-bond acceptors (Lipinski definition) is 4. The maximum absolute atomic E-state index is 12.4. The van der Waals surface area contributed by atoms with E-state index in [1.54, 1.807) is 12.4 Å². The zero-order valence-corrected chi connectivity index (χ0v) is 16.0. The molecule has 1 N–H and O–H groups in total. The normalized spacial score (nSPS) is 23.6. The first-order chi connectivity index (χ1) is 12.4. The second-order valence-electron chi connectivity index (χ2n) is 8.03. The lowest BCUT2D eigenvalue weighted by molar-refractivity contribution is -0.139. The Morgan fingerprint density at radius 3 is 2.77 bits per heavy atom. The number of aryl methyl sites for hydroxylation is 1. The Kier molecular flexibility index (Phi) is 5.44. The molecule has 0 aromatic carbocycles. The molecule has 1 aromatic heterocycles. The van der Waals surface area contributed by atoms with Gasteiger partial charge in [0.1, 0.15) is 0 Å². The van der Waals surface area contributed by atoms with Gasteiger partial charge in [0.05, 0.1) is 24.1 Å². The van der Waals surface area contributed by atoms with E-state index >= 15 is 0 Å². The summed E-state index contributed by atoms with van der Waals surface area (Å²) >= 11 is 0. The van der Waals surface area contributed by atoms with E-state index in [9.17, 15) is 9.59 Å². The van der Waals surface area contributed by atoms with Crippen molar-refractivity contribution in [3.8, 4) is 0 Å². The lowest BCUT2D eigenvalue weighted by Gasteiger charge is -2.48. The van der Waals surface area contributed by atoms with Crippen molar-refractivity contribution in [1.29, 1.82) is 0 Å². The standard InChI is InChI=1S/C19H29N5O2/c1-14(2)22-18(26)23-8-4-6-19(12-23)7-5-17(25)24(13-19)11-16-10-20-15(3)9-21-16/h9-10,14H,4-8,11-13H2,1-3H3,(H,22,26)/t19-/m0/s1. The van der Waals surface area contributed by atoms with Crippen LogP contribution in [0.1, 0.15) is 50.9 Å². The fraction of sp³-hybridized carbons (Fsp3) is 0.684. The lowest BCUT2D eigenvalue weighted by atomic mass is 9.73. The smallest absolute Gasteiger partial charge is 0.317 e. The highest BCUT2D eigenvalue weighted by molar-refractivity contribution is 5.77. The molecule has 2 fully saturated rings. The molecule has 2 aliphatic rings. The average molecular weight is 359 g/mol. The van der Waals surface area contributed by atoms with Crippen LogP contribution in [0.4, 0.5) is 4.79 Å². The summed E-state index contributed by atoms with van der Waals surface area (Å²) in [7, 11) is 0. The van der Waals surface area contributed by atoms with Crippen molar-refractivity contribution in [2.45, 2.75) is 59.0 Å². The molecule has 0 saturated carbocycles. The van der Waals surface area contributed by atoms with Gasteiger partial charge in [-0.1, -0.05) is 0 Å². The highest BCUT2D eigenvalue weighted by Gasteiger charge is 2.42. The monoisotopic (exact) mass is 359 g/mol. The molecule has 0 aliphatic carbocycles. The Morgan fingerprint density at radius 2 is 2.08 bits per heavy atom. The van der Waals surface area contributed by atoms with Crippen molar-refractivity contribution >= 4 is 11.9 Å². The number of likely N-dealkylation sites (tertiary alicyclic amines) is 2. The molecule has 3 heterocycles. The first-order valence-corrected chi connectivity index (χ1v) is 9.48. The molecule has 3 amide bonds. The second-order valence-corrected chi connectivity index (χ2v) is 8.03. The number of rotatable bonds is 3. The van der Waals surface area contributed by atoms with Crippen LogP contribution in [0.3, 0.4) is 0 Å². The van der Waals surface area contributed by atoms with Crippen LogP contribution in [-0.4, -0.2) is 57.4 Å². The minimum atomic E-state index is -0.00138. The molecule has 7 nitrogen and oxygen atoms in total. The summed E-state index contributed by atoms with van der Waals surface area (Å²) in [5.41, 5.74) is 1.68. The number of carbonyl (C=O) groups excluding carboxylic acids is 2. The van der Waals surface area contributed by atoms with Crippen LogP contribution >= 0.6 is 0 Å². The SMILES string of the molecule is Cc1cnc(CN2C[C@@]3(CCCN(C(=O)NC(C)C)C3)CCC2=O)cn1. The van der Waals surface area contributed by atoms with Crippen LogP contribution in [-0.2, 0) is 11.3 Å². The van der Waals surface area contributed by atoms with E-state index in [0.717, 1.165) is 43.7 Å². The lowest BCUT2D eigenvalue weighted by Crippen LogP contribution is -2.56. The van der Waals surface area contributed by atoms with Crippen molar-refractivity contribution < 1.29 is 9.59 Å². The predicted octanol–water partition coefficient (Wildman–Crippen LogP) is 2.11. The quantitative estimate of drug-likeness (QED) is 0.896. The summed E-state index contributed by atoms with van der Waals surface area (Å²) < 4.78 is 0. The summed E-state index contributed by atoms with van der Waals surface area (Å²) in [6.45, 7) is 8.53. The molecule has 3 rings (SSSR count). The van der Waals surface area contributed by atoms with Crippen molar-refractivity contribution in [3.63, 3.8) is 0 Å². The van der Waals surface area contributed by atoms with Gasteiger partial charge in [-0.2, -0.15) is 0 Å². The van der Waals surface area contributed by atoms with Gasteiger partial charge < -0.3 is 15.1 Å². The molecule has 1 aromatic rings. The molecular formula is C19H29N5O2. The fourth-order valence-electron chi connectivity index (χ4n) is 4.00. The highest BCUT2D eigenvalue weighted by atomic mass is 16.2. The van der Waals surface area contributed by atoms with E-state index < -0.39 is 0 Å². The molecular weight excluding hydrogens is 330 g/mol. The topological polar surface area (TPSA) is 78.4 Å². The third-order valence-corrected chi connectivity index (χ3v) is 5.30. The van der Waals surface area contributed by atoms with Crippen LogP contribution in [0.5, 0.6) is 0 Å². The van der Waals surface area contributed by atoms with E-state index in [-0.39, 0.29) is 23.4 Å². The Bertz CT molecular complexity index is 660. The minimum Gasteiger partial charge on any atom is -0.336 e. The number of piperidine rings is 2. The van der Waals surface area contributed by atoms with E-state index in [1.807, 2.05) is 30.6 Å². The van der Waals surface area contributed by atoms with Gasteiger partial charge in [-0.15, -0.1) is 0 Å². The number of aromatic nitrogens is 2. The molecule has 1 spiro atoms. The number of nitrogens with zero attached hydrogens (tertiary/aromatic N) is 4. The van der Waals surface area contributed by atoms with Gasteiger partial charge in [-0.25, -0.2) is 4.79 Å². The molecule has 142 valence electrons. The van der Waals surface area contributed by atoms with Gasteiger partial charge in [0.15, 0.2) is 0 Å². The number of amides is 3. The fourth-order valence-corrected chi connectivity index (χ4v) is 4.00. The van der Waals surface area contributed by atoms with Crippen LogP contribution in [0, 0.1) is 12.3 Å². The van der Waals surface area contributed by atoms with E-state index in [0.29, 0.717) is 19.5 Å². The van der Waals surface area contributed by atoms with Crippen LogP contribution in [0.25, 0.3) is 0 Å². The van der Waals surface area contributed by atoms with Crippen LogP contribution in [0.15, 0.2) is 12.4 Å². The van der Waals surface area contributed by atoms with Crippen molar-refractivity contribution in [1.82, 2.24) is 25.1 Å². The van der Waals surface area contributed by atoms with Crippen molar-refractivity contribution in [2.24, 2.45) is 5.41 Å². The zero-order chi connectivity index (χ0) is 18.7. The average Bonchev–Trinajstić information content (AvgIpc) is 2.60. The molecule has 26 heavy (non-hydrogen) atoms. The summed E-state index contributed by atoms with van der Waals surface area (Å²) in [4.78, 5) is 37.3. The Hall–Kier alpha value is -2.18. The van der Waals surface area contributed by atoms with Crippen LogP contribution in [0.2, 0.25) is 0 Å². The van der Waals surface area contributed by atoms with E-state index in [1.165, 1.54) is 0 Å². The minimum absolute atomic E-state index is 0.00138. The van der Waals surface area contributed by atoms with Gasteiger partial charge in [-0.05, 0) is 40.0 Å². The molecule has 7 heteroatoms. The highest BCUT2D eigenvalue weighted by Crippen LogP contribution is 2.39. The van der Waals surface area contributed by atoms with Crippen molar-refractivity contribution in [3.05, 3.63) is 23.8 Å². The number of urea groups is 1. The number of carbonyl (C=O) groups is 2. The first-order valence-electron chi connectivity index (χ1n) is 9.48. The number of hydrogen-bond donors (Lipinski definition) is 1. The molecule has 2 saturated heterocycles. The van der Waals surface area contributed by atoms with Gasteiger partial charge in [0.2, 0.25) is 5.91 Å². The third-order valence-electron chi connectivity index (χ3n) is 5.30. The molecule has 1 atom stereocenters. The first kappa shape index (κ1) is 18.6. The summed E-state index contributed by atoms with van der Waals surface area (Å²) in [6, 6.07) is 0.136. The molecule has 0 radical (unpaired) electrons. The van der Waals surface area contributed by atoms with Gasteiger partial charge in [-0.3, -0.25) is 14.8 Å². The van der Waals surface area contributed by atoms with E-state index in [4.69, 9.17) is 0 Å². The van der Waals surface area contributed by atoms with Gasteiger partial charge in [0, 0.05) is 43.7 Å². The Labute approximate surface area is 155 Å². The Balaban J connectivity index is 1.68. The van der Waals surface area contributed by atoms with Gasteiger partial charge >= 0.3 is 6.03 Å². The second kappa shape index (κ2) is 7.60. The maximum atomic E-state index is 12.4. The summed E-state index contributed by atoms with van der Waals surface area (Å²) in [6.07, 6.45) is 6.91. The van der Waals surface area contributed by atoms with Crippen LogP contribution < -0.4 is 5.32 Å². The number of nitrogens with one attached hydrogen (secondary N) is 1. The summed E-state index contributed by atoms with van der Waals surface area (Å²) in [5.74, 6) is 0.168. The molecule has 0 bridgehead atoms. The van der Waals surface area contributed by atoms with Gasteiger partial charge in [0.25, 0.3) is 0 Å². The van der Waals surface area contributed by atoms with Crippen molar-refractivity contribution in [2.75, 3.05) is 19.6 Å². The van der Waals surface area contributed by atoms with E-state index in [2.05, 4.69) is 15.3 Å². The largest absolute Gasteiger partial charge is 0.336 e. The molecule has 0 unspecified atom stereocenters. The Morgan fingerprint density at radius 1 is 1.27 bits per heavy atom. The molecule has 2 aliphatic heterocycles. The maximum Gasteiger partial charge on any atom is 0.317 e. The summed E-state index contributed by atoms with van der Waals surface area (Å²) in [5, 5.41) is 2.99. The predicted molar refractivity (Wildman–Crippen MR) is 98.3 cm³/mol. The zero-order valence-electron chi connectivity index (χ0n) is 16.0.